The van der Waals surface area contributed by atoms with Crippen molar-refractivity contribution < 1.29 is 41.6 Å². The highest BCUT2D eigenvalue weighted by atomic mass is 32.2. The predicted octanol–water partition coefficient (Wildman–Crippen LogP) is 1.19. The van der Waals surface area contributed by atoms with E-state index in [2.05, 4.69) is 5.32 Å². The first-order chi connectivity index (χ1) is 14.4. The Balaban J connectivity index is 2.66. The second-order valence-corrected chi connectivity index (χ2v) is 8.63. The third kappa shape index (κ3) is 9.32. The minimum atomic E-state index is -4.45. The van der Waals surface area contributed by atoms with Crippen LogP contribution in [0.25, 0.3) is 0 Å². The molecular formula is C19H28N2O9S. The van der Waals surface area contributed by atoms with Crippen molar-refractivity contribution in [1.29, 1.82) is 0 Å². The Morgan fingerprint density at radius 1 is 1.13 bits per heavy atom. The number of carboxylic acid groups (broad SMARTS) is 1. The first kappa shape index (κ1) is 26.3. The topological polar surface area (TPSA) is 157 Å². The van der Waals surface area contributed by atoms with Crippen LogP contribution < -0.4 is 10.0 Å². The van der Waals surface area contributed by atoms with Gasteiger partial charge in [-0.1, -0.05) is 30.3 Å². The summed E-state index contributed by atoms with van der Waals surface area (Å²) in [6, 6.07) is 5.78. The van der Waals surface area contributed by atoms with E-state index in [4.69, 9.17) is 13.7 Å². The smallest absolute Gasteiger partial charge is 0.408 e. The summed E-state index contributed by atoms with van der Waals surface area (Å²) in [7, 11) is -4.45. The quantitative estimate of drug-likeness (QED) is 0.390. The molecule has 0 heterocycles. The fourth-order valence-corrected chi connectivity index (χ4v) is 3.34. The molecule has 174 valence electrons. The SMILES string of the molecule is CCOC(=O)C(C)(C)COS(=O)(=O)NC(C)C(NC(=O)OCc1ccccc1)C(=O)O. The summed E-state index contributed by atoms with van der Waals surface area (Å²) in [6.45, 7) is 5.22. The van der Waals surface area contributed by atoms with Gasteiger partial charge in [-0.2, -0.15) is 13.1 Å². The molecule has 0 radical (unpaired) electrons. The van der Waals surface area contributed by atoms with Gasteiger partial charge in [0.05, 0.1) is 24.7 Å². The third-order valence-electron chi connectivity index (χ3n) is 3.99. The summed E-state index contributed by atoms with van der Waals surface area (Å²) in [4.78, 5) is 35.3. The fourth-order valence-electron chi connectivity index (χ4n) is 2.23. The zero-order valence-corrected chi connectivity index (χ0v) is 18.6. The van der Waals surface area contributed by atoms with Gasteiger partial charge < -0.3 is 19.9 Å². The molecule has 1 rings (SSSR count). The number of ether oxygens (including phenoxy) is 2. The molecule has 2 atom stereocenters. The van der Waals surface area contributed by atoms with Crippen molar-refractivity contribution in [3.05, 3.63) is 35.9 Å². The summed E-state index contributed by atoms with van der Waals surface area (Å²) >= 11 is 0. The van der Waals surface area contributed by atoms with Gasteiger partial charge in [-0.15, -0.1) is 0 Å². The van der Waals surface area contributed by atoms with Gasteiger partial charge in [-0.25, -0.2) is 9.59 Å². The number of carbonyl (C=O) groups is 3. The van der Waals surface area contributed by atoms with Crippen molar-refractivity contribution in [3.8, 4) is 0 Å². The molecule has 0 aromatic heterocycles. The lowest BCUT2D eigenvalue weighted by molar-refractivity contribution is -0.154. The maximum absolute atomic E-state index is 12.2. The highest BCUT2D eigenvalue weighted by Gasteiger charge is 2.34. The highest BCUT2D eigenvalue weighted by Crippen LogP contribution is 2.19. The number of hydrogen-bond donors (Lipinski definition) is 3. The van der Waals surface area contributed by atoms with Crippen molar-refractivity contribution in [3.63, 3.8) is 0 Å². The molecule has 12 heteroatoms. The van der Waals surface area contributed by atoms with Gasteiger partial charge >= 0.3 is 28.3 Å². The Kier molecular flexibility index (Phi) is 9.88. The number of benzene rings is 1. The first-order valence-corrected chi connectivity index (χ1v) is 10.8. The van der Waals surface area contributed by atoms with E-state index in [9.17, 15) is 27.9 Å². The van der Waals surface area contributed by atoms with Crippen LogP contribution in [0.4, 0.5) is 4.79 Å². The second kappa shape index (κ2) is 11.6. The molecule has 2 unspecified atom stereocenters. The number of esters is 1. The van der Waals surface area contributed by atoms with Gasteiger partial charge in [0.25, 0.3) is 0 Å². The van der Waals surface area contributed by atoms with Gasteiger partial charge in [-0.05, 0) is 33.3 Å². The zero-order valence-electron chi connectivity index (χ0n) is 17.8. The zero-order chi connectivity index (χ0) is 23.7. The van der Waals surface area contributed by atoms with E-state index in [0.717, 1.165) is 0 Å². The average molecular weight is 461 g/mol. The van der Waals surface area contributed by atoms with Crippen LogP contribution in [0.5, 0.6) is 0 Å². The van der Waals surface area contributed by atoms with Crippen LogP contribution in [0, 0.1) is 5.41 Å². The predicted molar refractivity (Wildman–Crippen MR) is 109 cm³/mol. The van der Waals surface area contributed by atoms with Crippen LogP contribution >= 0.6 is 0 Å². The summed E-state index contributed by atoms with van der Waals surface area (Å²) < 4.78 is 40.9. The third-order valence-corrected chi connectivity index (χ3v) is 5.07. The molecule has 3 N–H and O–H groups in total. The lowest BCUT2D eigenvalue weighted by Crippen LogP contribution is -2.54. The van der Waals surface area contributed by atoms with Crippen molar-refractivity contribution >= 4 is 28.3 Å². The molecule has 0 aliphatic rings. The molecule has 1 amide bonds. The standard InChI is InChI=1S/C19H28N2O9S/c1-5-28-17(24)19(3,4)12-30-31(26,27)21-13(2)15(16(22)23)20-18(25)29-11-14-9-7-6-8-10-14/h6-10,13,15,21H,5,11-12H2,1-4H3,(H,20,25)(H,22,23). The summed E-state index contributed by atoms with van der Waals surface area (Å²) in [5.41, 5.74) is -0.560. The number of carbonyl (C=O) groups excluding carboxylic acids is 2. The summed E-state index contributed by atoms with van der Waals surface area (Å²) in [6.07, 6.45) is -1.04. The van der Waals surface area contributed by atoms with Crippen LogP contribution in [0.3, 0.4) is 0 Å². The Hall–Kier alpha value is -2.70. The van der Waals surface area contributed by atoms with E-state index >= 15 is 0 Å². The number of hydrogen-bond acceptors (Lipinski definition) is 8. The van der Waals surface area contributed by atoms with Crippen LogP contribution in [0.15, 0.2) is 30.3 Å². The number of rotatable bonds is 12. The number of nitrogens with one attached hydrogen (secondary N) is 2. The Morgan fingerprint density at radius 3 is 2.29 bits per heavy atom. The van der Waals surface area contributed by atoms with E-state index < -0.39 is 52.4 Å². The minimum Gasteiger partial charge on any atom is -0.480 e. The Morgan fingerprint density at radius 2 is 1.74 bits per heavy atom. The number of aliphatic carboxylic acids is 1. The summed E-state index contributed by atoms with van der Waals surface area (Å²) in [5, 5.41) is 11.5. The monoisotopic (exact) mass is 460 g/mol. The fraction of sp³-hybridized carbons (Fsp3) is 0.526. The maximum atomic E-state index is 12.2. The number of amides is 1. The normalized spacial score (nSPS) is 13.7. The van der Waals surface area contributed by atoms with Gasteiger partial charge in [0.1, 0.15) is 12.6 Å². The molecule has 11 nitrogen and oxygen atoms in total. The van der Waals surface area contributed by atoms with Crippen LogP contribution in [-0.2, 0) is 40.2 Å². The second-order valence-electron chi connectivity index (χ2n) is 7.25. The molecular weight excluding hydrogens is 432 g/mol. The average Bonchev–Trinajstić information content (AvgIpc) is 2.69. The highest BCUT2D eigenvalue weighted by molar-refractivity contribution is 7.84. The van der Waals surface area contributed by atoms with E-state index in [1.54, 1.807) is 37.3 Å². The van der Waals surface area contributed by atoms with Gasteiger partial charge in [0.2, 0.25) is 0 Å². The molecule has 0 spiro atoms. The molecule has 0 aliphatic heterocycles. The maximum Gasteiger partial charge on any atom is 0.408 e. The molecule has 1 aromatic carbocycles. The van der Waals surface area contributed by atoms with Gasteiger partial charge in [-0.3, -0.25) is 8.98 Å². The van der Waals surface area contributed by atoms with Crippen molar-refractivity contribution in [2.75, 3.05) is 13.2 Å². The molecule has 1 aromatic rings. The first-order valence-electron chi connectivity index (χ1n) is 9.42. The van der Waals surface area contributed by atoms with Crippen LogP contribution in [0.2, 0.25) is 0 Å². The largest absolute Gasteiger partial charge is 0.480 e. The van der Waals surface area contributed by atoms with Gasteiger partial charge in [0.15, 0.2) is 0 Å². The van der Waals surface area contributed by atoms with Crippen LogP contribution in [0.1, 0.15) is 33.3 Å². The lowest BCUT2D eigenvalue weighted by Gasteiger charge is -2.24. The summed E-state index contributed by atoms with van der Waals surface area (Å²) in [5.74, 6) is -2.14. The molecule has 0 saturated heterocycles. The minimum absolute atomic E-state index is 0.0921. The molecule has 0 saturated carbocycles. The van der Waals surface area contributed by atoms with E-state index in [-0.39, 0.29) is 13.2 Å². The van der Waals surface area contributed by atoms with Crippen molar-refractivity contribution in [2.45, 2.75) is 46.4 Å². The van der Waals surface area contributed by atoms with E-state index in [1.165, 1.54) is 20.8 Å². The van der Waals surface area contributed by atoms with E-state index in [0.29, 0.717) is 5.56 Å². The van der Waals surface area contributed by atoms with E-state index in [1.807, 2.05) is 4.72 Å². The number of alkyl carbamates (subject to hydrolysis) is 1. The van der Waals surface area contributed by atoms with Gasteiger partial charge in [0, 0.05) is 0 Å². The molecule has 0 bridgehead atoms. The molecule has 0 fully saturated rings. The molecule has 31 heavy (non-hydrogen) atoms. The number of carboxylic acids is 1. The lowest BCUT2D eigenvalue weighted by atomic mass is 9.95. The molecule has 0 aliphatic carbocycles. The van der Waals surface area contributed by atoms with Crippen molar-refractivity contribution in [2.24, 2.45) is 5.41 Å². The van der Waals surface area contributed by atoms with Crippen molar-refractivity contribution in [1.82, 2.24) is 10.0 Å². The Labute approximate surface area is 181 Å². The Bertz CT molecular complexity index is 856. The van der Waals surface area contributed by atoms with Crippen LogP contribution in [-0.4, -0.2) is 56.9 Å².